The first kappa shape index (κ1) is 12.8. The van der Waals surface area contributed by atoms with E-state index in [9.17, 15) is 0 Å². The Balaban J connectivity index is 0.000000963. The molecule has 0 aliphatic carbocycles. The molecular weight excluding hydrogens is 268 g/mol. The Morgan fingerprint density at radius 1 is 0.938 bits per heavy atom. The molecule has 4 rings (SSSR count). The molecule has 0 N–H and O–H groups in total. The van der Waals surface area contributed by atoms with E-state index in [0.29, 0.717) is 0 Å². The lowest BCUT2D eigenvalue weighted by atomic mass is 10.1. The maximum atomic E-state index is 2.59. The molecule has 5 heteroatoms. The molecule has 16 heavy (non-hydrogen) atoms. The molecule has 4 nitrogen and oxygen atoms in total. The summed E-state index contributed by atoms with van der Waals surface area (Å²) in [5, 5.41) is 0. The molecule has 4 bridgehead atoms. The fourth-order valence-corrected chi connectivity index (χ4v) is 3.40. The van der Waals surface area contributed by atoms with E-state index in [2.05, 4.69) is 28.5 Å². The van der Waals surface area contributed by atoms with Crippen LogP contribution in [0.25, 0.3) is 0 Å². The second-order valence-corrected chi connectivity index (χ2v) is 6.11. The summed E-state index contributed by atoms with van der Waals surface area (Å²) in [6, 6.07) is 0. The molecule has 0 unspecified atom stereocenters. The largest absolute Gasteiger partial charge is 1.00 e. The molecule has 0 radical (unpaired) electrons. The summed E-state index contributed by atoms with van der Waals surface area (Å²) in [6.45, 7) is 13.5. The van der Waals surface area contributed by atoms with E-state index in [4.69, 9.17) is 0 Å². The third-order valence-corrected chi connectivity index (χ3v) is 3.88. The third kappa shape index (κ3) is 2.29. The fourth-order valence-electron chi connectivity index (χ4n) is 3.40. The second kappa shape index (κ2) is 4.53. The summed E-state index contributed by atoms with van der Waals surface area (Å²) in [4.78, 5) is 7.78. The Kier molecular flexibility index (Phi) is 3.62. The van der Waals surface area contributed by atoms with Crippen molar-refractivity contribution in [2.75, 3.05) is 46.6 Å². The average molecular weight is 291 g/mol. The van der Waals surface area contributed by atoms with E-state index in [1.807, 2.05) is 0 Å². The number of quaternary nitrogens is 1. The Labute approximate surface area is 109 Å². The van der Waals surface area contributed by atoms with Crippen molar-refractivity contribution in [3.8, 4) is 0 Å². The van der Waals surface area contributed by atoms with Gasteiger partial charge in [-0.05, 0) is 12.3 Å². The molecule has 0 aromatic rings. The molecule has 94 valence electrons. The van der Waals surface area contributed by atoms with E-state index in [-0.39, 0.29) is 17.0 Å². The summed E-state index contributed by atoms with van der Waals surface area (Å²) >= 11 is 0. The third-order valence-electron chi connectivity index (χ3n) is 3.88. The molecule has 4 aliphatic heterocycles. The lowest BCUT2D eigenvalue weighted by Crippen LogP contribution is -3.00. The topological polar surface area (TPSA) is 9.72 Å². The summed E-state index contributed by atoms with van der Waals surface area (Å²) < 4.78 is 1.30. The lowest BCUT2D eigenvalue weighted by Gasteiger charge is -2.61. The molecule has 4 fully saturated rings. The summed E-state index contributed by atoms with van der Waals surface area (Å²) in [5.41, 5.74) is 0. The molecular formula is C11H23BrN4. The van der Waals surface area contributed by atoms with Crippen molar-refractivity contribution in [3.05, 3.63) is 0 Å². The standard InChI is InChI=1S/C11H23N4.BrH/c1-11(2)3-4-15-8-12-5-13(9-15)7-14(6-12)10-15;/h11H,3-10H2,1-2H3;1H/q+1;/p-1. The van der Waals surface area contributed by atoms with Gasteiger partial charge in [0.1, 0.15) is 20.0 Å². The average Bonchev–Trinajstić information content (AvgIpc) is 2.12. The SMILES string of the molecule is CC(C)CC[N+]12CN3CN(CN(C3)C1)C2.[Br-]. The molecule has 0 aromatic carbocycles. The van der Waals surface area contributed by atoms with Crippen LogP contribution in [-0.4, -0.2) is 65.7 Å². The lowest BCUT2D eigenvalue weighted by molar-refractivity contribution is -0.980. The van der Waals surface area contributed by atoms with Crippen LogP contribution in [-0.2, 0) is 0 Å². The van der Waals surface area contributed by atoms with Gasteiger partial charge in [0.05, 0.1) is 26.6 Å². The van der Waals surface area contributed by atoms with Gasteiger partial charge < -0.3 is 17.0 Å². The van der Waals surface area contributed by atoms with Gasteiger partial charge in [0, 0.05) is 0 Å². The summed E-state index contributed by atoms with van der Waals surface area (Å²) in [7, 11) is 0. The van der Waals surface area contributed by atoms with Gasteiger partial charge in [-0.15, -0.1) is 0 Å². The van der Waals surface area contributed by atoms with Crippen LogP contribution in [0.5, 0.6) is 0 Å². The van der Waals surface area contributed by atoms with Crippen molar-refractivity contribution < 1.29 is 21.5 Å². The predicted molar refractivity (Wildman–Crippen MR) is 59.3 cm³/mol. The van der Waals surface area contributed by atoms with Crippen molar-refractivity contribution in [3.63, 3.8) is 0 Å². The molecule has 4 aliphatic rings. The zero-order valence-electron chi connectivity index (χ0n) is 10.4. The smallest absolute Gasteiger partial charge is 0.139 e. The first-order valence-corrected chi connectivity index (χ1v) is 6.17. The van der Waals surface area contributed by atoms with Crippen LogP contribution in [0.3, 0.4) is 0 Å². The van der Waals surface area contributed by atoms with Gasteiger partial charge in [-0.1, -0.05) is 13.8 Å². The highest BCUT2D eigenvalue weighted by Gasteiger charge is 2.47. The van der Waals surface area contributed by atoms with Crippen LogP contribution >= 0.6 is 0 Å². The molecule has 0 amide bonds. The minimum absolute atomic E-state index is 0. The Bertz CT molecular complexity index is 221. The summed E-state index contributed by atoms with van der Waals surface area (Å²) in [6.07, 6.45) is 1.37. The van der Waals surface area contributed by atoms with E-state index in [1.165, 1.54) is 57.5 Å². The van der Waals surface area contributed by atoms with Gasteiger partial charge in [0.15, 0.2) is 0 Å². The normalized spacial score (nSPS) is 44.8. The highest BCUT2D eigenvalue weighted by atomic mass is 79.9. The molecule has 0 spiro atoms. The van der Waals surface area contributed by atoms with Crippen molar-refractivity contribution in [2.45, 2.75) is 20.3 Å². The van der Waals surface area contributed by atoms with E-state index in [0.717, 1.165) is 5.92 Å². The van der Waals surface area contributed by atoms with Gasteiger partial charge in [-0.3, -0.25) is 4.48 Å². The quantitative estimate of drug-likeness (QED) is 0.534. The highest BCUT2D eigenvalue weighted by molar-refractivity contribution is 4.74. The highest BCUT2D eigenvalue weighted by Crippen LogP contribution is 2.29. The minimum Gasteiger partial charge on any atom is -1.00 e. The Morgan fingerprint density at radius 2 is 1.38 bits per heavy atom. The minimum atomic E-state index is 0. The van der Waals surface area contributed by atoms with Crippen LogP contribution in [0.1, 0.15) is 20.3 Å². The maximum absolute atomic E-state index is 2.59. The van der Waals surface area contributed by atoms with Gasteiger partial charge >= 0.3 is 0 Å². The maximum Gasteiger partial charge on any atom is 0.139 e. The molecule has 4 heterocycles. The molecule has 0 saturated carbocycles. The monoisotopic (exact) mass is 290 g/mol. The zero-order valence-corrected chi connectivity index (χ0v) is 12.0. The van der Waals surface area contributed by atoms with E-state index >= 15 is 0 Å². The van der Waals surface area contributed by atoms with Gasteiger partial charge in [0.25, 0.3) is 0 Å². The van der Waals surface area contributed by atoms with Crippen LogP contribution in [0.2, 0.25) is 0 Å². The number of hydrogen-bond donors (Lipinski definition) is 0. The van der Waals surface area contributed by atoms with Crippen molar-refractivity contribution in [1.29, 1.82) is 0 Å². The van der Waals surface area contributed by atoms with Crippen molar-refractivity contribution in [1.82, 2.24) is 14.7 Å². The zero-order chi connectivity index (χ0) is 10.5. The first-order valence-electron chi connectivity index (χ1n) is 6.17. The Morgan fingerprint density at radius 3 is 1.75 bits per heavy atom. The molecule has 0 atom stereocenters. The van der Waals surface area contributed by atoms with Crippen LogP contribution < -0.4 is 17.0 Å². The van der Waals surface area contributed by atoms with Crippen LogP contribution in [0.4, 0.5) is 0 Å². The number of halogens is 1. The summed E-state index contributed by atoms with van der Waals surface area (Å²) in [5.74, 6) is 0.844. The number of rotatable bonds is 3. The van der Waals surface area contributed by atoms with Crippen LogP contribution in [0, 0.1) is 5.92 Å². The van der Waals surface area contributed by atoms with Gasteiger partial charge in [-0.2, -0.15) is 0 Å². The van der Waals surface area contributed by atoms with Gasteiger partial charge in [0.2, 0.25) is 0 Å². The van der Waals surface area contributed by atoms with Crippen LogP contribution in [0.15, 0.2) is 0 Å². The predicted octanol–water partition coefficient (Wildman–Crippen LogP) is -2.45. The van der Waals surface area contributed by atoms with Crippen molar-refractivity contribution >= 4 is 0 Å². The second-order valence-electron chi connectivity index (χ2n) is 6.11. The molecule has 4 saturated heterocycles. The fraction of sp³-hybridized carbons (Fsp3) is 1.00. The molecule has 0 aromatic heterocycles. The number of hydrogen-bond acceptors (Lipinski definition) is 3. The Hall–Kier alpha value is 0.320. The van der Waals surface area contributed by atoms with E-state index in [1.54, 1.807) is 0 Å². The number of nitrogens with zero attached hydrogens (tertiary/aromatic N) is 4. The van der Waals surface area contributed by atoms with Gasteiger partial charge in [-0.25, -0.2) is 14.7 Å². The van der Waals surface area contributed by atoms with E-state index < -0.39 is 0 Å². The van der Waals surface area contributed by atoms with Crippen molar-refractivity contribution in [2.24, 2.45) is 5.92 Å². The first-order chi connectivity index (χ1) is 7.15.